The Kier molecular flexibility index (Phi) is 7.71. The van der Waals surface area contributed by atoms with Gasteiger partial charge >= 0.3 is 0 Å². The zero-order chi connectivity index (χ0) is 23.4. The van der Waals surface area contributed by atoms with Gasteiger partial charge in [-0.1, -0.05) is 48.7 Å². The summed E-state index contributed by atoms with van der Waals surface area (Å²) in [6.07, 6.45) is 3.00. The van der Waals surface area contributed by atoms with Crippen LogP contribution in [0.1, 0.15) is 25.3 Å². The Balaban J connectivity index is 1.73. The van der Waals surface area contributed by atoms with Crippen LogP contribution in [0.2, 0.25) is 10.0 Å². The molecule has 0 amide bonds. The van der Waals surface area contributed by atoms with Crippen LogP contribution < -0.4 is 9.44 Å². The molecule has 0 aliphatic heterocycles. The standard InChI is InChI=1S/C22H22Cl2N2O4S2/c1-2-3-4-16-5-9-21(10-6-16)31(27,28)25-19-7-11-22(12-8-19)32(29,30)26-20-14-17(23)13-18(24)15-20/h5-15,25-26H,2-4H2,1H3. The Labute approximate surface area is 198 Å². The average molecular weight is 513 g/mol. The third-order valence-corrected chi connectivity index (χ3v) is 7.82. The normalized spacial score (nSPS) is 11.8. The summed E-state index contributed by atoms with van der Waals surface area (Å²) in [4.78, 5) is 0.0887. The SMILES string of the molecule is CCCCc1ccc(S(=O)(=O)Nc2ccc(S(=O)(=O)Nc3cc(Cl)cc(Cl)c3)cc2)cc1. The summed E-state index contributed by atoms with van der Waals surface area (Å²) in [5.41, 5.74) is 1.54. The molecular weight excluding hydrogens is 491 g/mol. The number of unbranched alkanes of at least 4 members (excludes halogenated alkanes) is 1. The lowest BCUT2D eigenvalue weighted by atomic mass is 10.1. The Bertz CT molecular complexity index is 1270. The molecule has 3 aromatic rings. The van der Waals surface area contributed by atoms with Crippen molar-refractivity contribution in [1.29, 1.82) is 0 Å². The van der Waals surface area contributed by atoms with Crippen molar-refractivity contribution in [3.8, 4) is 0 Å². The number of halogens is 2. The molecule has 6 nitrogen and oxygen atoms in total. The smallest absolute Gasteiger partial charge is 0.261 e. The van der Waals surface area contributed by atoms with E-state index in [4.69, 9.17) is 23.2 Å². The maximum Gasteiger partial charge on any atom is 0.261 e. The third-order valence-electron chi connectivity index (χ3n) is 4.58. The predicted molar refractivity (Wildman–Crippen MR) is 130 cm³/mol. The fourth-order valence-electron chi connectivity index (χ4n) is 2.96. The maximum atomic E-state index is 12.6. The van der Waals surface area contributed by atoms with Crippen LogP contribution in [0.3, 0.4) is 0 Å². The van der Waals surface area contributed by atoms with E-state index in [-0.39, 0.29) is 21.2 Å². The van der Waals surface area contributed by atoms with E-state index in [9.17, 15) is 16.8 Å². The summed E-state index contributed by atoms with van der Waals surface area (Å²) in [6, 6.07) is 16.4. The van der Waals surface area contributed by atoms with Gasteiger partial charge in [-0.3, -0.25) is 9.44 Å². The second kappa shape index (κ2) is 10.1. The monoisotopic (exact) mass is 512 g/mol. The van der Waals surface area contributed by atoms with Crippen molar-refractivity contribution in [1.82, 2.24) is 0 Å². The molecule has 0 spiro atoms. The van der Waals surface area contributed by atoms with E-state index in [0.29, 0.717) is 10.0 Å². The molecule has 0 atom stereocenters. The van der Waals surface area contributed by atoms with Gasteiger partial charge in [0.25, 0.3) is 20.0 Å². The second-order valence-corrected chi connectivity index (χ2v) is 11.4. The van der Waals surface area contributed by atoms with Crippen molar-refractivity contribution in [3.05, 3.63) is 82.3 Å². The fraction of sp³-hybridized carbons (Fsp3) is 0.182. The minimum Gasteiger partial charge on any atom is -0.280 e. The van der Waals surface area contributed by atoms with Gasteiger partial charge in [0, 0.05) is 15.7 Å². The fourth-order valence-corrected chi connectivity index (χ4v) is 5.58. The number of nitrogens with one attached hydrogen (secondary N) is 2. The molecule has 0 heterocycles. The number of benzene rings is 3. The first-order valence-electron chi connectivity index (χ1n) is 9.80. The highest BCUT2D eigenvalue weighted by Gasteiger charge is 2.17. The Morgan fingerprint density at radius 3 is 1.66 bits per heavy atom. The minimum absolute atomic E-state index is 0.0446. The highest BCUT2D eigenvalue weighted by atomic mass is 35.5. The average Bonchev–Trinajstić information content (AvgIpc) is 2.71. The van der Waals surface area contributed by atoms with Crippen LogP contribution in [0.15, 0.2) is 76.5 Å². The van der Waals surface area contributed by atoms with Crippen molar-refractivity contribution in [2.75, 3.05) is 9.44 Å². The molecule has 2 N–H and O–H groups in total. The Morgan fingerprint density at radius 1 is 0.688 bits per heavy atom. The molecule has 0 fully saturated rings. The molecule has 0 unspecified atom stereocenters. The molecule has 0 aromatic heterocycles. The van der Waals surface area contributed by atoms with Gasteiger partial charge in [0.05, 0.1) is 15.5 Å². The molecule has 0 aliphatic carbocycles. The molecule has 0 radical (unpaired) electrons. The topological polar surface area (TPSA) is 92.3 Å². The van der Waals surface area contributed by atoms with Gasteiger partial charge in [0.2, 0.25) is 0 Å². The van der Waals surface area contributed by atoms with Crippen molar-refractivity contribution in [2.45, 2.75) is 36.0 Å². The molecular formula is C22H22Cl2N2O4S2. The Hall–Kier alpha value is -2.26. The van der Waals surface area contributed by atoms with E-state index < -0.39 is 20.0 Å². The predicted octanol–water partition coefficient (Wildman–Crippen LogP) is 5.94. The summed E-state index contributed by atoms with van der Waals surface area (Å²) >= 11 is 11.8. The highest BCUT2D eigenvalue weighted by molar-refractivity contribution is 7.93. The third kappa shape index (κ3) is 6.38. The van der Waals surface area contributed by atoms with Gasteiger partial charge in [-0.15, -0.1) is 0 Å². The highest BCUT2D eigenvalue weighted by Crippen LogP contribution is 2.25. The molecule has 3 rings (SSSR count). The molecule has 0 saturated heterocycles. The summed E-state index contributed by atoms with van der Waals surface area (Å²) in [6.45, 7) is 2.10. The van der Waals surface area contributed by atoms with Crippen molar-refractivity contribution in [3.63, 3.8) is 0 Å². The minimum atomic E-state index is -3.92. The first-order valence-corrected chi connectivity index (χ1v) is 13.5. The van der Waals surface area contributed by atoms with E-state index in [1.54, 1.807) is 24.3 Å². The number of hydrogen-bond donors (Lipinski definition) is 2. The Morgan fingerprint density at radius 2 is 1.16 bits per heavy atom. The van der Waals surface area contributed by atoms with Crippen LogP contribution in [-0.2, 0) is 26.5 Å². The lowest BCUT2D eigenvalue weighted by Crippen LogP contribution is -2.14. The quantitative estimate of drug-likeness (QED) is 0.371. The second-order valence-electron chi connectivity index (χ2n) is 7.14. The van der Waals surface area contributed by atoms with Crippen molar-refractivity contribution < 1.29 is 16.8 Å². The van der Waals surface area contributed by atoms with Crippen LogP contribution in [0.25, 0.3) is 0 Å². The lowest BCUT2D eigenvalue weighted by Gasteiger charge is -2.11. The van der Waals surface area contributed by atoms with Gasteiger partial charge in [-0.25, -0.2) is 16.8 Å². The van der Waals surface area contributed by atoms with Crippen molar-refractivity contribution >= 4 is 54.6 Å². The molecule has 170 valence electrons. The molecule has 0 saturated carbocycles. The van der Waals surface area contributed by atoms with Crippen LogP contribution >= 0.6 is 23.2 Å². The van der Waals surface area contributed by atoms with Crippen LogP contribution in [0.4, 0.5) is 11.4 Å². The zero-order valence-corrected chi connectivity index (χ0v) is 20.3. The van der Waals surface area contributed by atoms with E-state index >= 15 is 0 Å². The molecule has 32 heavy (non-hydrogen) atoms. The summed E-state index contributed by atoms with van der Waals surface area (Å²) in [5.74, 6) is 0. The van der Waals surface area contributed by atoms with E-state index in [0.717, 1.165) is 24.8 Å². The first-order chi connectivity index (χ1) is 15.1. The van der Waals surface area contributed by atoms with E-state index in [1.807, 2.05) is 0 Å². The van der Waals surface area contributed by atoms with Gasteiger partial charge in [0.15, 0.2) is 0 Å². The number of aryl methyl sites for hydroxylation is 1. The molecule has 0 bridgehead atoms. The van der Waals surface area contributed by atoms with Crippen LogP contribution in [-0.4, -0.2) is 16.8 Å². The summed E-state index contributed by atoms with van der Waals surface area (Å²) < 4.78 is 55.4. The van der Waals surface area contributed by atoms with E-state index in [2.05, 4.69) is 16.4 Å². The van der Waals surface area contributed by atoms with Gasteiger partial charge < -0.3 is 0 Å². The van der Waals surface area contributed by atoms with Gasteiger partial charge in [-0.2, -0.15) is 0 Å². The number of hydrogen-bond acceptors (Lipinski definition) is 4. The zero-order valence-electron chi connectivity index (χ0n) is 17.2. The van der Waals surface area contributed by atoms with Gasteiger partial charge in [0.1, 0.15) is 0 Å². The van der Waals surface area contributed by atoms with E-state index in [1.165, 1.54) is 42.5 Å². The van der Waals surface area contributed by atoms with Crippen molar-refractivity contribution in [2.24, 2.45) is 0 Å². The molecule has 0 aliphatic rings. The molecule has 3 aromatic carbocycles. The summed E-state index contributed by atoms with van der Waals surface area (Å²) in [5, 5.41) is 0.580. The largest absolute Gasteiger partial charge is 0.280 e. The number of anilines is 2. The first kappa shape index (κ1) is 24.4. The molecule has 10 heteroatoms. The van der Waals surface area contributed by atoms with Crippen LogP contribution in [0, 0.1) is 0 Å². The lowest BCUT2D eigenvalue weighted by molar-refractivity contribution is 0.600. The van der Waals surface area contributed by atoms with Crippen LogP contribution in [0.5, 0.6) is 0 Å². The maximum absolute atomic E-state index is 12.6. The number of rotatable bonds is 9. The number of sulfonamides is 2. The van der Waals surface area contributed by atoms with Gasteiger partial charge in [-0.05, 0) is 73.0 Å². The summed E-state index contributed by atoms with van der Waals surface area (Å²) in [7, 11) is -7.72.